The van der Waals surface area contributed by atoms with E-state index >= 15 is 0 Å². The van der Waals surface area contributed by atoms with Gasteiger partial charge in [0.25, 0.3) is 0 Å². The molecule has 0 aliphatic heterocycles. The molecule has 0 fully saturated rings. The average Bonchev–Trinajstić information content (AvgIpc) is 2.33. The first-order valence-electron chi connectivity index (χ1n) is 5.04. The Balaban J connectivity index is 2.12. The Morgan fingerprint density at radius 2 is 2.24 bits per heavy atom. The third-order valence-corrected chi connectivity index (χ3v) is 2.59. The van der Waals surface area contributed by atoms with Gasteiger partial charge in [0.2, 0.25) is 0 Å². The quantitative estimate of drug-likeness (QED) is 0.825. The predicted molar refractivity (Wildman–Crippen MR) is 67.4 cm³/mol. The van der Waals surface area contributed by atoms with E-state index in [1.807, 2.05) is 12.1 Å². The molecule has 5 heteroatoms. The molecule has 0 atom stereocenters. The minimum absolute atomic E-state index is 0.0226. The summed E-state index contributed by atoms with van der Waals surface area (Å²) >= 11 is 5.61. The number of nitrogens with one attached hydrogen (secondary N) is 1. The molecule has 88 valence electrons. The largest absolute Gasteiger partial charge is 0.397 e. The van der Waals surface area contributed by atoms with Crippen LogP contribution in [0.2, 0.25) is 5.02 Å². The van der Waals surface area contributed by atoms with Crippen LogP contribution in [0, 0.1) is 5.82 Å². The first-order chi connectivity index (χ1) is 8.16. The molecule has 1 aromatic carbocycles. The standard InChI is InChI=1S/C12H11ClFN3/c13-9-4-11(15)12(5-10(9)14)17-7-8-2-1-3-16-6-8/h1-6,17H,7,15H2. The summed E-state index contributed by atoms with van der Waals surface area (Å²) < 4.78 is 13.2. The maximum absolute atomic E-state index is 13.2. The fourth-order valence-electron chi connectivity index (χ4n) is 1.42. The summed E-state index contributed by atoms with van der Waals surface area (Å²) in [6.45, 7) is 0.527. The lowest BCUT2D eigenvalue weighted by Crippen LogP contribution is -2.03. The summed E-state index contributed by atoms with van der Waals surface area (Å²) in [4.78, 5) is 3.98. The van der Waals surface area contributed by atoms with Gasteiger partial charge >= 0.3 is 0 Å². The Bertz CT molecular complexity index is 517. The van der Waals surface area contributed by atoms with E-state index in [1.54, 1.807) is 12.4 Å². The van der Waals surface area contributed by atoms with E-state index < -0.39 is 5.82 Å². The molecular formula is C12H11ClFN3. The lowest BCUT2D eigenvalue weighted by Gasteiger charge is -2.10. The summed E-state index contributed by atoms with van der Waals surface area (Å²) in [5.41, 5.74) is 7.65. The molecular weight excluding hydrogens is 241 g/mol. The Hall–Kier alpha value is -1.81. The van der Waals surface area contributed by atoms with E-state index in [0.29, 0.717) is 17.9 Å². The molecule has 0 unspecified atom stereocenters. The van der Waals surface area contributed by atoms with Crippen molar-refractivity contribution in [3.05, 3.63) is 53.1 Å². The van der Waals surface area contributed by atoms with Gasteiger partial charge in [-0.15, -0.1) is 0 Å². The summed E-state index contributed by atoms with van der Waals surface area (Å²) in [7, 11) is 0. The molecule has 3 N–H and O–H groups in total. The number of nitrogens with zero attached hydrogens (tertiary/aromatic N) is 1. The minimum atomic E-state index is -0.491. The number of pyridine rings is 1. The molecule has 0 spiro atoms. The lowest BCUT2D eigenvalue weighted by molar-refractivity contribution is 0.629. The van der Waals surface area contributed by atoms with Crippen molar-refractivity contribution in [3.63, 3.8) is 0 Å². The van der Waals surface area contributed by atoms with E-state index in [4.69, 9.17) is 17.3 Å². The van der Waals surface area contributed by atoms with Crippen LogP contribution >= 0.6 is 11.6 Å². The molecule has 0 radical (unpaired) electrons. The highest BCUT2D eigenvalue weighted by atomic mass is 35.5. The maximum Gasteiger partial charge on any atom is 0.143 e. The van der Waals surface area contributed by atoms with Crippen molar-refractivity contribution in [2.45, 2.75) is 6.54 Å². The molecule has 2 rings (SSSR count). The van der Waals surface area contributed by atoms with E-state index in [-0.39, 0.29) is 5.02 Å². The van der Waals surface area contributed by atoms with Crippen molar-refractivity contribution in [3.8, 4) is 0 Å². The zero-order chi connectivity index (χ0) is 12.3. The number of halogens is 2. The second-order valence-corrected chi connectivity index (χ2v) is 3.98. The van der Waals surface area contributed by atoms with E-state index in [9.17, 15) is 4.39 Å². The molecule has 1 aromatic heterocycles. The zero-order valence-electron chi connectivity index (χ0n) is 8.95. The van der Waals surface area contributed by atoms with Gasteiger partial charge in [-0.2, -0.15) is 0 Å². The number of hydrogen-bond donors (Lipinski definition) is 2. The van der Waals surface area contributed by atoms with Gasteiger partial charge in [0.15, 0.2) is 0 Å². The fraction of sp³-hybridized carbons (Fsp3) is 0.0833. The normalized spacial score (nSPS) is 10.2. The summed E-state index contributed by atoms with van der Waals surface area (Å²) in [6.07, 6.45) is 3.43. The molecule has 0 saturated carbocycles. The number of nitrogen functional groups attached to an aromatic ring is 1. The van der Waals surface area contributed by atoms with Gasteiger partial charge < -0.3 is 11.1 Å². The number of hydrogen-bond acceptors (Lipinski definition) is 3. The first kappa shape index (κ1) is 11.7. The van der Waals surface area contributed by atoms with E-state index in [2.05, 4.69) is 10.3 Å². The molecule has 0 saturated heterocycles. The first-order valence-corrected chi connectivity index (χ1v) is 5.42. The summed E-state index contributed by atoms with van der Waals surface area (Å²) in [5, 5.41) is 3.06. The van der Waals surface area contributed by atoms with Crippen molar-refractivity contribution >= 4 is 23.0 Å². The van der Waals surface area contributed by atoms with Crippen LogP contribution in [-0.2, 0) is 6.54 Å². The number of benzene rings is 1. The third-order valence-electron chi connectivity index (χ3n) is 2.30. The van der Waals surface area contributed by atoms with Crippen LogP contribution in [0.3, 0.4) is 0 Å². The van der Waals surface area contributed by atoms with Crippen LogP contribution in [0.25, 0.3) is 0 Å². The average molecular weight is 252 g/mol. The molecule has 17 heavy (non-hydrogen) atoms. The lowest BCUT2D eigenvalue weighted by atomic mass is 10.2. The van der Waals surface area contributed by atoms with Gasteiger partial charge in [-0.1, -0.05) is 17.7 Å². The SMILES string of the molecule is Nc1cc(Cl)c(F)cc1NCc1cccnc1. The van der Waals surface area contributed by atoms with Crippen molar-refractivity contribution in [2.24, 2.45) is 0 Å². The summed E-state index contributed by atoms with van der Waals surface area (Å²) in [5.74, 6) is -0.491. The third kappa shape index (κ3) is 2.85. The van der Waals surface area contributed by atoms with Gasteiger partial charge in [0, 0.05) is 25.0 Å². The second-order valence-electron chi connectivity index (χ2n) is 3.57. The highest BCUT2D eigenvalue weighted by molar-refractivity contribution is 6.31. The molecule has 0 bridgehead atoms. The molecule has 3 nitrogen and oxygen atoms in total. The van der Waals surface area contributed by atoms with Crippen molar-refractivity contribution in [1.29, 1.82) is 0 Å². The van der Waals surface area contributed by atoms with Gasteiger partial charge in [-0.05, 0) is 17.7 Å². The van der Waals surface area contributed by atoms with E-state index in [0.717, 1.165) is 5.56 Å². The molecule has 2 aromatic rings. The highest BCUT2D eigenvalue weighted by Gasteiger charge is 2.05. The van der Waals surface area contributed by atoms with Crippen LogP contribution in [0.4, 0.5) is 15.8 Å². The van der Waals surface area contributed by atoms with Crippen molar-refractivity contribution in [1.82, 2.24) is 4.98 Å². The number of rotatable bonds is 3. The van der Waals surface area contributed by atoms with Crippen LogP contribution in [0.1, 0.15) is 5.56 Å². The Labute approximate surface area is 103 Å². The van der Waals surface area contributed by atoms with E-state index in [1.165, 1.54) is 12.1 Å². The van der Waals surface area contributed by atoms with Crippen LogP contribution in [0.5, 0.6) is 0 Å². The van der Waals surface area contributed by atoms with Gasteiger partial charge in [0.1, 0.15) is 5.82 Å². The summed E-state index contributed by atoms with van der Waals surface area (Å²) in [6, 6.07) is 6.43. The number of anilines is 2. The van der Waals surface area contributed by atoms with Crippen molar-refractivity contribution in [2.75, 3.05) is 11.1 Å². The number of nitrogens with two attached hydrogens (primary N) is 1. The van der Waals surface area contributed by atoms with Crippen LogP contribution in [0.15, 0.2) is 36.7 Å². The number of aromatic nitrogens is 1. The Morgan fingerprint density at radius 3 is 2.94 bits per heavy atom. The monoisotopic (exact) mass is 251 g/mol. The van der Waals surface area contributed by atoms with Gasteiger partial charge in [0.05, 0.1) is 16.4 Å². The molecule has 0 aliphatic carbocycles. The Kier molecular flexibility index (Phi) is 3.44. The smallest absolute Gasteiger partial charge is 0.143 e. The molecule has 0 amide bonds. The highest BCUT2D eigenvalue weighted by Crippen LogP contribution is 2.26. The minimum Gasteiger partial charge on any atom is -0.397 e. The molecule has 0 aliphatic rings. The topological polar surface area (TPSA) is 50.9 Å². The fourth-order valence-corrected chi connectivity index (χ4v) is 1.59. The Morgan fingerprint density at radius 1 is 1.41 bits per heavy atom. The van der Waals surface area contributed by atoms with Gasteiger partial charge in [-0.25, -0.2) is 4.39 Å². The molecule has 1 heterocycles. The maximum atomic E-state index is 13.2. The van der Waals surface area contributed by atoms with Crippen molar-refractivity contribution < 1.29 is 4.39 Å². The van der Waals surface area contributed by atoms with Crippen LogP contribution < -0.4 is 11.1 Å². The van der Waals surface area contributed by atoms with Gasteiger partial charge in [-0.3, -0.25) is 4.98 Å². The second kappa shape index (κ2) is 5.01. The van der Waals surface area contributed by atoms with Crippen LogP contribution in [-0.4, -0.2) is 4.98 Å². The zero-order valence-corrected chi connectivity index (χ0v) is 9.71. The predicted octanol–water partition coefficient (Wildman–Crippen LogP) is 3.07.